The number of hydrogen-bond acceptors (Lipinski definition) is 7. The molecule has 1 saturated heterocycles. The fourth-order valence-corrected chi connectivity index (χ4v) is 2.95. The Bertz CT molecular complexity index is 781. The van der Waals surface area contributed by atoms with Crippen LogP contribution in [0.25, 0.3) is 11.4 Å². The molecule has 2 N–H and O–H groups in total. The topological polar surface area (TPSA) is 98.3 Å². The molecule has 1 fully saturated rings. The maximum absolute atomic E-state index is 11.8. The molecule has 2 aromatic rings. The number of morpholine rings is 1. The average molecular weight is 378 g/mol. The summed E-state index contributed by atoms with van der Waals surface area (Å²) in [5.74, 6) is -0.292. The van der Waals surface area contributed by atoms with Crippen LogP contribution in [0.5, 0.6) is 0 Å². The SMILES string of the molecule is CNC(=O)c1cc(-c2cc([C@@H]3CN[C@@H](COC)CO3)cc(Cl)n2)ncn1. The molecule has 9 heteroatoms. The minimum atomic E-state index is -0.292. The van der Waals surface area contributed by atoms with E-state index in [0.717, 1.165) is 5.56 Å². The van der Waals surface area contributed by atoms with Crippen molar-refractivity contribution in [1.29, 1.82) is 0 Å². The number of halogens is 1. The van der Waals surface area contributed by atoms with Crippen molar-refractivity contribution in [2.24, 2.45) is 0 Å². The van der Waals surface area contributed by atoms with Crippen molar-refractivity contribution in [3.63, 3.8) is 0 Å². The zero-order valence-corrected chi connectivity index (χ0v) is 15.3. The largest absolute Gasteiger partial charge is 0.383 e. The monoisotopic (exact) mass is 377 g/mol. The van der Waals surface area contributed by atoms with Gasteiger partial charge in [-0.2, -0.15) is 0 Å². The molecule has 0 aliphatic carbocycles. The number of carbonyl (C=O) groups is 1. The summed E-state index contributed by atoms with van der Waals surface area (Å²) in [6, 6.07) is 5.39. The normalized spacial score (nSPS) is 20.0. The van der Waals surface area contributed by atoms with Crippen LogP contribution >= 0.6 is 11.6 Å². The molecular weight excluding hydrogens is 358 g/mol. The minimum absolute atomic E-state index is 0.150. The van der Waals surface area contributed by atoms with Crippen LogP contribution in [-0.2, 0) is 9.47 Å². The first-order valence-electron chi connectivity index (χ1n) is 8.16. The molecule has 0 unspecified atom stereocenters. The van der Waals surface area contributed by atoms with Crippen molar-refractivity contribution in [2.45, 2.75) is 12.1 Å². The molecule has 2 atom stereocenters. The Kier molecular flexibility index (Phi) is 6.10. The first kappa shape index (κ1) is 18.7. The first-order valence-corrected chi connectivity index (χ1v) is 8.54. The van der Waals surface area contributed by atoms with E-state index in [1.165, 1.54) is 6.33 Å². The van der Waals surface area contributed by atoms with Gasteiger partial charge in [0.2, 0.25) is 0 Å². The van der Waals surface area contributed by atoms with E-state index in [0.29, 0.717) is 36.3 Å². The van der Waals surface area contributed by atoms with Crippen molar-refractivity contribution >= 4 is 17.5 Å². The van der Waals surface area contributed by atoms with E-state index >= 15 is 0 Å². The van der Waals surface area contributed by atoms with Crippen molar-refractivity contribution in [3.8, 4) is 11.4 Å². The molecule has 0 aromatic carbocycles. The number of nitrogens with one attached hydrogen (secondary N) is 2. The fraction of sp³-hybridized carbons (Fsp3) is 0.412. The summed E-state index contributed by atoms with van der Waals surface area (Å²) < 4.78 is 11.1. The summed E-state index contributed by atoms with van der Waals surface area (Å²) in [5.41, 5.74) is 2.23. The molecule has 26 heavy (non-hydrogen) atoms. The highest BCUT2D eigenvalue weighted by Gasteiger charge is 2.23. The van der Waals surface area contributed by atoms with Crippen LogP contribution in [0.1, 0.15) is 22.2 Å². The van der Waals surface area contributed by atoms with Gasteiger partial charge in [-0.25, -0.2) is 15.0 Å². The van der Waals surface area contributed by atoms with Gasteiger partial charge in [0, 0.05) is 20.7 Å². The van der Waals surface area contributed by atoms with Gasteiger partial charge in [-0.1, -0.05) is 11.6 Å². The highest BCUT2D eigenvalue weighted by molar-refractivity contribution is 6.29. The van der Waals surface area contributed by atoms with Gasteiger partial charge in [-0.05, 0) is 23.8 Å². The van der Waals surface area contributed by atoms with E-state index in [1.54, 1.807) is 26.3 Å². The summed E-state index contributed by atoms with van der Waals surface area (Å²) in [6.45, 7) is 1.78. The highest BCUT2D eigenvalue weighted by Crippen LogP contribution is 2.27. The van der Waals surface area contributed by atoms with Crippen LogP contribution in [0.15, 0.2) is 24.5 Å². The quantitative estimate of drug-likeness (QED) is 0.756. The zero-order chi connectivity index (χ0) is 18.5. The lowest BCUT2D eigenvalue weighted by Gasteiger charge is -2.30. The van der Waals surface area contributed by atoms with E-state index in [4.69, 9.17) is 21.1 Å². The molecule has 1 aliphatic rings. The molecule has 0 spiro atoms. The molecule has 3 heterocycles. The van der Waals surface area contributed by atoms with E-state index in [1.807, 2.05) is 6.07 Å². The number of aromatic nitrogens is 3. The molecule has 0 bridgehead atoms. The number of amides is 1. The van der Waals surface area contributed by atoms with Gasteiger partial charge in [0.25, 0.3) is 5.91 Å². The Morgan fingerprint density at radius 3 is 2.92 bits per heavy atom. The lowest BCUT2D eigenvalue weighted by Crippen LogP contribution is -2.45. The fourth-order valence-electron chi connectivity index (χ4n) is 2.73. The summed E-state index contributed by atoms with van der Waals surface area (Å²) in [5, 5.41) is 6.26. The van der Waals surface area contributed by atoms with Gasteiger partial charge in [0.05, 0.1) is 36.7 Å². The number of rotatable bonds is 5. The molecule has 2 aromatic heterocycles. The highest BCUT2D eigenvalue weighted by atomic mass is 35.5. The Balaban J connectivity index is 1.84. The predicted molar refractivity (Wildman–Crippen MR) is 96.0 cm³/mol. The third kappa shape index (κ3) is 4.34. The van der Waals surface area contributed by atoms with E-state index in [-0.39, 0.29) is 23.7 Å². The Morgan fingerprint density at radius 2 is 2.23 bits per heavy atom. The van der Waals surface area contributed by atoms with Crippen molar-refractivity contribution in [2.75, 3.05) is 33.9 Å². The van der Waals surface area contributed by atoms with Crippen LogP contribution in [0.3, 0.4) is 0 Å². The standard InChI is InChI=1S/C17H20ClN5O3/c1-19-17(24)14-5-12(21-9-22-14)13-3-10(4-16(18)23-13)15-6-20-11(7-25-2)8-26-15/h3-5,9,11,15,20H,6-8H2,1-2H3,(H,19,24)/t11-,15-/m0/s1. The zero-order valence-electron chi connectivity index (χ0n) is 14.5. The number of methoxy groups -OCH3 is 1. The Hall–Kier alpha value is -2.13. The summed E-state index contributed by atoms with van der Waals surface area (Å²) in [7, 11) is 3.21. The third-order valence-corrected chi connectivity index (χ3v) is 4.23. The number of hydrogen-bond donors (Lipinski definition) is 2. The first-order chi connectivity index (χ1) is 12.6. The molecule has 8 nitrogen and oxygen atoms in total. The lowest BCUT2D eigenvalue weighted by atomic mass is 10.1. The van der Waals surface area contributed by atoms with Crippen molar-refractivity contribution in [1.82, 2.24) is 25.6 Å². The number of carbonyl (C=O) groups excluding carboxylic acids is 1. The number of pyridine rings is 1. The Morgan fingerprint density at radius 1 is 1.38 bits per heavy atom. The van der Waals surface area contributed by atoms with Gasteiger partial charge >= 0.3 is 0 Å². The molecule has 138 valence electrons. The average Bonchev–Trinajstić information content (AvgIpc) is 2.68. The van der Waals surface area contributed by atoms with Gasteiger partial charge in [-0.15, -0.1) is 0 Å². The maximum atomic E-state index is 11.8. The second-order valence-corrected chi connectivity index (χ2v) is 6.25. The van der Waals surface area contributed by atoms with Crippen LogP contribution in [0, 0.1) is 0 Å². The number of ether oxygens (including phenoxy) is 2. The molecule has 1 amide bonds. The number of nitrogens with zero attached hydrogens (tertiary/aromatic N) is 3. The van der Waals surface area contributed by atoms with E-state index in [9.17, 15) is 4.79 Å². The smallest absolute Gasteiger partial charge is 0.269 e. The third-order valence-electron chi connectivity index (χ3n) is 4.04. The molecule has 3 rings (SSSR count). The van der Waals surface area contributed by atoms with E-state index in [2.05, 4.69) is 25.6 Å². The summed E-state index contributed by atoms with van der Waals surface area (Å²) >= 11 is 6.20. The molecule has 0 radical (unpaired) electrons. The van der Waals surface area contributed by atoms with Crippen molar-refractivity contribution < 1.29 is 14.3 Å². The molecule has 0 saturated carbocycles. The van der Waals surface area contributed by atoms with Gasteiger partial charge < -0.3 is 20.1 Å². The maximum Gasteiger partial charge on any atom is 0.269 e. The second-order valence-electron chi connectivity index (χ2n) is 5.86. The van der Waals surface area contributed by atoms with Gasteiger partial charge in [-0.3, -0.25) is 4.79 Å². The van der Waals surface area contributed by atoms with Crippen LogP contribution in [0.4, 0.5) is 0 Å². The van der Waals surface area contributed by atoms with Crippen LogP contribution in [-0.4, -0.2) is 60.8 Å². The molecule has 1 aliphatic heterocycles. The second kappa shape index (κ2) is 8.50. The van der Waals surface area contributed by atoms with Crippen molar-refractivity contribution in [3.05, 3.63) is 40.9 Å². The van der Waals surface area contributed by atoms with E-state index < -0.39 is 0 Å². The van der Waals surface area contributed by atoms with Gasteiger partial charge in [0.15, 0.2) is 0 Å². The summed E-state index contributed by atoms with van der Waals surface area (Å²) in [6.07, 6.45) is 1.18. The Labute approximate surface area is 156 Å². The summed E-state index contributed by atoms with van der Waals surface area (Å²) in [4.78, 5) is 24.3. The molecular formula is C17H20ClN5O3. The predicted octanol–water partition coefficient (Wildman–Crippen LogP) is 1.23. The lowest BCUT2D eigenvalue weighted by molar-refractivity contribution is -0.0150. The van der Waals surface area contributed by atoms with Crippen LogP contribution in [0.2, 0.25) is 5.15 Å². The van der Waals surface area contributed by atoms with Crippen LogP contribution < -0.4 is 10.6 Å². The van der Waals surface area contributed by atoms with Gasteiger partial charge in [0.1, 0.15) is 17.2 Å². The minimum Gasteiger partial charge on any atom is -0.383 e.